The van der Waals surface area contributed by atoms with Gasteiger partial charge in [-0.3, -0.25) is 4.79 Å². The predicted octanol–water partition coefficient (Wildman–Crippen LogP) is 5.18. The number of amides is 1. The maximum Gasteiger partial charge on any atom is 0.272 e. The van der Waals surface area contributed by atoms with Crippen LogP contribution in [-0.2, 0) is 6.54 Å². The van der Waals surface area contributed by atoms with Gasteiger partial charge in [-0.05, 0) is 56.2 Å². The van der Waals surface area contributed by atoms with Crippen LogP contribution < -0.4 is 5.32 Å². The second-order valence-electron chi connectivity index (χ2n) is 5.65. The summed E-state index contributed by atoms with van der Waals surface area (Å²) in [7, 11) is 0. The topological polar surface area (TPSA) is 34.0 Å². The van der Waals surface area contributed by atoms with Crippen LogP contribution in [0.1, 0.15) is 28.5 Å². The third-order valence-electron chi connectivity index (χ3n) is 4.19. The molecule has 0 atom stereocenters. The van der Waals surface area contributed by atoms with Gasteiger partial charge in [0.15, 0.2) is 0 Å². The van der Waals surface area contributed by atoms with Gasteiger partial charge in [0.1, 0.15) is 5.69 Å². The van der Waals surface area contributed by atoms with E-state index in [0.29, 0.717) is 10.7 Å². The molecule has 2 aromatic carbocycles. The fourth-order valence-electron chi connectivity index (χ4n) is 3.05. The number of carbonyl (C=O) groups excluding carboxylic acids is 1. The zero-order valence-corrected chi connectivity index (χ0v) is 14.2. The Labute approximate surface area is 140 Å². The highest BCUT2D eigenvalue weighted by atomic mass is 35.5. The molecule has 0 aliphatic rings. The molecule has 3 rings (SSSR count). The highest BCUT2D eigenvalue weighted by Crippen LogP contribution is 2.27. The average molecular weight is 327 g/mol. The van der Waals surface area contributed by atoms with Crippen molar-refractivity contribution < 1.29 is 4.79 Å². The molecule has 0 saturated heterocycles. The summed E-state index contributed by atoms with van der Waals surface area (Å²) in [5, 5.41) is 4.80. The maximum absolute atomic E-state index is 12.9. The van der Waals surface area contributed by atoms with E-state index in [9.17, 15) is 4.79 Å². The number of hydrogen-bond acceptors (Lipinski definition) is 1. The molecule has 0 aliphatic heterocycles. The van der Waals surface area contributed by atoms with E-state index < -0.39 is 0 Å². The minimum Gasteiger partial charge on any atom is -0.337 e. The first-order valence-electron chi connectivity index (χ1n) is 7.68. The molecule has 0 spiro atoms. The summed E-state index contributed by atoms with van der Waals surface area (Å²) in [6, 6.07) is 13.6. The van der Waals surface area contributed by atoms with Crippen LogP contribution in [0.4, 0.5) is 5.69 Å². The fourth-order valence-corrected chi connectivity index (χ4v) is 3.27. The van der Waals surface area contributed by atoms with Gasteiger partial charge in [-0.1, -0.05) is 29.8 Å². The smallest absolute Gasteiger partial charge is 0.272 e. The lowest BCUT2D eigenvalue weighted by Gasteiger charge is -2.12. The van der Waals surface area contributed by atoms with Crippen molar-refractivity contribution in [2.45, 2.75) is 27.3 Å². The Morgan fingerprint density at radius 3 is 2.61 bits per heavy atom. The summed E-state index contributed by atoms with van der Waals surface area (Å²) >= 11 is 5.98. The Balaban J connectivity index is 2.05. The normalized spacial score (nSPS) is 11.0. The van der Waals surface area contributed by atoms with Crippen LogP contribution in [0.2, 0.25) is 5.02 Å². The molecule has 0 saturated carbocycles. The molecule has 0 fully saturated rings. The molecule has 1 heterocycles. The summed E-state index contributed by atoms with van der Waals surface area (Å²) in [5.74, 6) is -0.0917. The number of para-hydroxylation sites is 1. The number of aromatic nitrogens is 1. The maximum atomic E-state index is 12.9. The number of nitrogens with zero attached hydrogens (tertiary/aromatic N) is 1. The molecule has 1 amide bonds. The molecule has 3 nitrogen and oxygen atoms in total. The Morgan fingerprint density at radius 2 is 1.91 bits per heavy atom. The van der Waals surface area contributed by atoms with Crippen LogP contribution in [0.15, 0.2) is 42.5 Å². The number of halogens is 1. The molecule has 3 aromatic rings. The summed E-state index contributed by atoms with van der Waals surface area (Å²) in [4.78, 5) is 12.9. The van der Waals surface area contributed by atoms with E-state index in [1.807, 2.05) is 38.1 Å². The second-order valence-corrected chi connectivity index (χ2v) is 6.08. The zero-order chi connectivity index (χ0) is 16.6. The fraction of sp³-hybridized carbons (Fsp3) is 0.211. The van der Waals surface area contributed by atoms with Crippen LogP contribution in [0.25, 0.3) is 10.9 Å². The van der Waals surface area contributed by atoms with E-state index >= 15 is 0 Å². The SMILES string of the molecule is CCn1c(C(=O)Nc2ccc(Cl)cc2C)c(C)c2ccccc21. The second kappa shape index (κ2) is 6.09. The van der Waals surface area contributed by atoms with Gasteiger partial charge in [0.2, 0.25) is 0 Å². The number of hydrogen-bond donors (Lipinski definition) is 1. The summed E-state index contributed by atoms with van der Waals surface area (Å²) in [5.41, 5.74) is 4.54. The molecule has 0 aliphatic carbocycles. The van der Waals surface area contributed by atoms with Crippen LogP contribution in [0.3, 0.4) is 0 Å². The van der Waals surface area contributed by atoms with Crippen LogP contribution in [0.5, 0.6) is 0 Å². The van der Waals surface area contributed by atoms with E-state index in [1.165, 1.54) is 0 Å². The summed E-state index contributed by atoms with van der Waals surface area (Å²) < 4.78 is 2.06. The first-order valence-corrected chi connectivity index (χ1v) is 8.06. The largest absolute Gasteiger partial charge is 0.337 e. The quantitative estimate of drug-likeness (QED) is 0.706. The molecule has 0 bridgehead atoms. The first kappa shape index (κ1) is 15.6. The van der Waals surface area contributed by atoms with Gasteiger partial charge in [0, 0.05) is 28.2 Å². The number of rotatable bonds is 3. The van der Waals surface area contributed by atoms with Crippen molar-refractivity contribution in [2.75, 3.05) is 5.32 Å². The minimum atomic E-state index is -0.0917. The lowest BCUT2D eigenvalue weighted by molar-refractivity contribution is 0.101. The third kappa shape index (κ3) is 2.73. The molecule has 0 radical (unpaired) electrons. The van der Waals surface area contributed by atoms with Gasteiger partial charge in [0.05, 0.1) is 0 Å². The average Bonchev–Trinajstić information content (AvgIpc) is 2.83. The molecule has 1 N–H and O–H groups in total. The summed E-state index contributed by atoms with van der Waals surface area (Å²) in [6.07, 6.45) is 0. The van der Waals surface area contributed by atoms with Gasteiger partial charge in [-0.25, -0.2) is 0 Å². The Hall–Kier alpha value is -2.26. The zero-order valence-electron chi connectivity index (χ0n) is 13.5. The standard InChI is InChI=1S/C19H19ClN2O/c1-4-22-17-8-6-5-7-15(17)13(3)18(22)19(23)21-16-10-9-14(20)11-12(16)2/h5-11H,4H2,1-3H3,(H,21,23). The molecular formula is C19H19ClN2O. The van der Waals surface area contributed by atoms with E-state index in [4.69, 9.17) is 11.6 Å². The van der Waals surface area contributed by atoms with E-state index in [1.54, 1.807) is 6.07 Å². The first-order chi connectivity index (χ1) is 11.0. The van der Waals surface area contributed by atoms with Gasteiger partial charge >= 0.3 is 0 Å². The molecular weight excluding hydrogens is 308 g/mol. The van der Waals surface area contributed by atoms with Crippen LogP contribution >= 0.6 is 11.6 Å². The van der Waals surface area contributed by atoms with Crippen molar-refractivity contribution >= 4 is 34.1 Å². The molecule has 4 heteroatoms. The third-order valence-corrected chi connectivity index (χ3v) is 4.43. The van der Waals surface area contributed by atoms with Crippen molar-refractivity contribution in [2.24, 2.45) is 0 Å². The molecule has 0 unspecified atom stereocenters. The number of aryl methyl sites for hydroxylation is 3. The van der Waals surface area contributed by atoms with Crippen molar-refractivity contribution in [3.63, 3.8) is 0 Å². The number of benzene rings is 2. The van der Waals surface area contributed by atoms with Crippen LogP contribution in [0, 0.1) is 13.8 Å². The van der Waals surface area contributed by atoms with Crippen LogP contribution in [-0.4, -0.2) is 10.5 Å². The van der Waals surface area contributed by atoms with Crippen molar-refractivity contribution in [3.05, 3.63) is 64.3 Å². The number of carbonyl (C=O) groups is 1. The highest BCUT2D eigenvalue weighted by Gasteiger charge is 2.19. The predicted molar refractivity (Wildman–Crippen MR) is 96.5 cm³/mol. The van der Waals surface area contributed by atoms with Gasteiger partial charge < -0.3 is 9.88 Å². The van der Waals surface area contributed by atoms with Gasteiger partial charge in [-0.2, -0.15) is 0 Å². The molecule has 23 heavy (non-hydrogen) atoms. The minimum absolute atomic E-state index is 0.0917. The lowest BCUT2D eigenvalue weighted by atomic mass is 10.1. The van der Waals surface area contributed by atoms with E-state index in [2.05, 4.69) is 28.9 Å². The van der Waals surface area contributed by atoms with Crippen molar-refractivity contribution in [1.29, 1.82) is 0 Å². The molecule has 118 valence electrons. The summed E-state index contributed by atoms with van der Waals surface area (Å²) in [6.45, 7) is 6.73. The Bertz CT molecular complexity index is 896. The Morgan fingerprint density at radius 1 is 1.17 bits per heavy atom. The van der Waals surface area contributed by atoms with E-state index in [-0.39, 0.29) is 5.91 Å². The van der Waals surface area contributed by atoms with Gasteiger partial charge in [-0.15, -0.1) is 0 Å². The molecule has 1 aromatic heterocycles. The number of fused-ring (bicyclic) bond motifs is 1. The van der Waals surface area contributed by atoms with Crippen molar-refractivity contribution in [1.82, 2.24) is 4.57 Å². The highest BCUT2D eigenvalue weighted by molar-refractivity contribution is 6.30. The Kier molecular flexibility index (Phi) is 4.14. The van der Waals surface area contributed by atoms with Crippen molar-refractivity contribution in [3.8, 4) is 0 Å². The lowest BCUT2D eigenvalue weighted by Crippen LogP contribution is -2.18. The van der Waals surface area contributed by atoms with Gasteiger partial charge in [0.25, 0.3) is 5.91 Å². The number of anilines is 1. The monoisotopic (exact) mass is 326 g/mol. The van der Waals surface area contributed by atoms with E-state index in [0.717, 1.165) is 34.3 Å². The number of nitrogens with one attached hydrogen (secondary N) is 1.